The van der Waals surface area contributed by atoms with Gasteiger partial charge in [0, 0.05) is 0 Å². The Morgan fingerprint density at radius 1 is 1.38 bits per heavy atom. The fourth-order valence-electron chi connectivity index (χ4n) is 0.898. The Morgan fingerprint density at radius 2 is 2.08 bits per heavy atom. The van der Waals surface area contributed by atoms with Gasteiger partial charge in [0.2, 0.25) is 0 Å². The van der Waals surface area contributed by atoms with Gasteiger partial charge in [-0.15, -0.1) is 0 Å². The van der Waals surface area contributed by atoms with Crippen LogP contribution in [0.25, 0.3) is 0 Å². The smallest absolute Gasteiger partial charge is 0.520 e. The molecule has 0 saturated heterocycles. The van der Waals surface area contributed by atoms with Crippen molar-refractivity contribution in [3.05, 3.63) is 0 Å². The minimum atomic E-state index is -1.74. The zero-order chi connectivity index (χ0) is 10.1. The van der Waals surface area contributed by atoms with Gasteiger partial charge in [-0.05, 0) is 6.42 Å². The lowest BCUT2D eigenvalue weighted by Crippen LogP contribution is -2.26. The Labute approximate surface area is 84.8 Å². The highest BCUT2D eigenvalue weighted by molar-refractivity contribution is 7.35. The highest BCUT2D eigenvalue weighted by Crippen LogP contribution is 2.00. The van der Waals surface area contributed by atoms with Crippen LogP contribution in [0.5, 0.6) is 0 Å². The first-order chi connectivity index (χ1) is 6.22. The second-order valence-corrected chi connectivity index (χ2v) is 14.9. The van der Waals surface area contributed by atoms with Gasteiger partial charge in [-0.1, -0.05) is 19.0 Å². The molecule has 1 unspecified atom stereocenters. The van der Waals surface area contributed by atoms with E-state index < -0.39 is 34.6 Å². The van der Waals surface area contributed by atoms with Crippen LogP contribution in [0.1, 0.15) is 12.8 Å². The molecule has 8 heteroatoms. The van der Waals surface area contributed by atoms with Crippen LogP contribution in [0, 0.1) is 0 Å². The molecule has 2 radical (unpaired) electrons. The van der Waals surface area contributed by atoms with E-state index in [1.807, 2.05) is 6.55 Å². The maximum Gasteiger partial charge on any atom is 0.594 e. The largest absolute Gasteiger partial charge is 0.594 e. The first-order valence-electron chi connectivity index (χ1n) is 4.13. The van der Waals surface area contributed by atoms with Gasteiger partial charge < -0.3 is 17.8 Å². The third-order valence-electron chi connectivity index (χ3n) is 1.74. The molecule has 0 fully saturated rings. The quantitative estimate of drug-likeness (QED) is 0.435. The Hall–Kier alpha value is 0.0675. The van der Waals surface area contributed by atoms with Gasteiger partial charge in [0.25, 0.3) is 0 Å². The summed E-state index contributed by atoms with van der Waals surface area (Å²) in [6, 6.07) is 0.943. The van der Waals surface area contributed by atoms with E-state index in [1.165, 1.54) is 0 Å². The van der Waals surface area contributed by atoms with Gasteiger partial charge in [0.05, 0.1) is 14.9 Å². The Balaban J connectivity index is 3.36. The summed E-state index contributed by atoms with van der Waals surface area (Å²) in [7, 11) is -4.25. The second kappa shape index (κ2) is 8.66. The molecule has 13 heavy (non-hydrogen) atoms. The highest BCUT2D eigenvalue weighted by atomic mass is 29.6. The highest BCUT2D eigenvalue weighted by Gasteiger charge is 2.16. The second-order valence-electron chi connectivity index (χ2n) is 2.79. The predicted octanol–water partition coefficient (Wildman–Crippen LogP) is -0.348. The van der Waals surface area contributed by atoms with Crippen molar-refractivity contribution in [2.24, 2.45) is 0 Å². The van der Waals surface area contributed by atoms with Crippen LogP contribution >= 0.6 is 0 Å². The summed E-state index contributed by atoms with van der Waals surface area (Å²) in [6.07, 6.45) is 1.79. The predicted molar refractivity (Wildman–Crippen MR) is 52.3 cm³/mol. The molecule has 0 heterocycles. The van der Waals surface area contributed by atoms with Gasteiger partial charge in [-0.25, -0.2) is 0 Å². The van der Waals surface area contributed by atoms with Crippen molar-refractivity contribution in [3.8, 4) is 0 Å². The molecular weight excluding hydrogens is 236 g/mol. The maximum atomic E-state index is 11.1. The van der Waals surface area contributed by atoms with Crippen LogP contribution in [0.4, 0.5) is 0 Å². The SMILES string of the molecule is C[SiH](CCCCO[Si]=O)[Si](=O)[Si]=O. The molecule has 0 aromatic rings. The Kier molecular flexibility index (Phi) is 8.70. The first-order valence-corrected chi connectivity index (χ1v) is 12.0. The molecule has 0 bridgehead atoms. The molecule has 72 valence electrons. The summed E-state index contributed by atoms with van der Waals surface area (Å²) in [4.78, 5) is 0. The van der Waals surface area contributed by atoms with Crippen molar-refractivity contribution in [3.63, 3.8) is 0 Å². The Morgan fingerprint density at radius 3 is 2.62 bits per heavy atom. The molecule has 0 aromatic heterocycles. The molecule has 0 rings (SSSR count). The zero-order valence-corrected chi connectivity index (χ0v) is 11.7. The van der Waals surface area contributed by atoms with E-state index in [0.29, 0.717) is 6.61 Å². The van der Waals surface area contributed by atoms with Crippen LogP contribution in [-0.4, -0.2) is 41.2 Å². The van der Waals surface area contributed by atoms with Crippen LogP contribution in [0.3, 0.4) is 0 Å². The van der Waals surface area contributed by atoms with Crippen molar-refractivity contribution in [1.82, 2.24) is 0 Å². The van der Waals surface area contributed by atoms with E-state index in [0.717, 1.165) is 18.9 Å². The zero-order valence-electron chi connectivity index (χ0n) is 7.54. The standard InChI is InChI=1S/C5H12O4Si4/c1-12(13(8)11-7)5-3-2-4-9-10-6/h12H,2-5H2,1H3. The van der Waals surface area contributed by atoms with Crippen molar-refractivity contribution in [2.75, 3.05) is 6.61 Å². The first kappa shape index (κ1) is 13.1. The molecule has 0 aliphatic heterocycles. The normalized spacial score (nSPS) is 11.8. The minimum Gasteiger partial charge on any atom is -0.520 e. The minimum absolute atomic E-state index is 0.504. The van der Waals surface area contributed by atoms with Crippen LogP contribution < -0.4 is 0 Å². The molecular formula is C5H12O4Si4. The average Bonchev–Trinajstić information content (AvgIpc) is 2.16. The molecule has 0 aliphatic carbocycles. The molecule has 0 spiro atoms. The summed E-state index contributed by atoms with van der Waals surface area (Å²) in [5.74, 6) is 0. The van der Waals surface area contributed by atoms with E-state index in [1.54, 1.807) is 0 Å². The van der Waals surface area contributed by atoms with Crippen LogP contribution in [-0.2, 0) is 17.8 Å². The van der Waals surface area contributed by atoms with Gasteiger partial charge >= 0.3 is 26.3 Å². The molecule has 1 atom stereocenters. The third-order valence-corrected chi connectivity index (χ3v) is 14.1. The summed E-state index contributed by atoms with van der Waals surface area (Å²) in [6.45, 7) is 2.49. The summed E-state index contributed by atoms with van der Waals surface area (Å²) in [5.41, 5.74) is 0. The van der Waals surface area contributed by atoms with Crippen molar-refractivity contribution < 1.29 is 17.8 Å². The van der Waals surface area contributed by atoms with E-state index >= 15 is 0 Å². The molecule has 4 nitrogen and oxygen atoms in total. The summed E-state index contributed by atoms with van der Waals surface area (Å²) < 4.78 is 36.0. The number of unbranched alkanes of at least 4 members (excludes halogenated alkanes) is 1. The number of rotatable bonds is 8. The molecule has 0 N–H and O–H groups in total. The van der Waals surface area contributed by atoms with Crippen molar-refractivity contribution in [1.29, 1.82) is 0 Å². The number of hydrogen-bond donors (Lipinski definition) is 0. The molecule has 0 saturated carbocycles. The van der Waals surface area contributed by atoms with Gasteiger partial charge in [-0.3, -0.25) is 0 Å². The maximum absolute atomic E-state index is 11.1. The lowest BCUT2D eigenvalue weighted by atomic mass is 10.4. The lowest BCUT2D eigenvalue weighted by Gasteiger charge is -2.02. The van der Waals surface area contributed by atoms with Gasteiger partial charge in [0.1, 0.15) is 0 Å². The van der Waals surface area contributed by atoms with E-state index in [-0.39, 0.29) is 0 Å². The Bertz CT molecular complexity index is 185. The van der Waals surface area contributed by atoms with Crippen LogP contribution in [0.15, 0.2) is 0 Å². The van der Waals surface area contributed by atoms with Crippen molar-refractivity contribution >= 4 is 34.6 Å². The summed E-state index contributed by atoms with van der Waals surface area (Å²) >= 11 is 0. The van der Waals surface area contributed by atoms with Crippen molar-refractivity contribution in [2.45, 2.75) is 25.4 Å². The fourth-order valence-corrected chi connectivity index (χ4v) is 7.60. The van der Waals surface area contributed by atoms with Gasteiger partial charge in [0.15, 0.2) is 0 Å². The van der Waals surface area contributed by atoms with E-state index in [2.05, 4.69) is 4.43 Å². The molecule has 0 aliphatic rings. The topological polar surface area (TPSA) is 60.4 Å². The average molecular weight is 248 g/mol. The van der Waals surface area contributed by atoms with Gasteiger partial charge in [-0.2, -0.15) is 0 Å². The lowest BCUT2D eigenvalue weighted by molar-refractivity contribution is 0.301. The fraction of sp³-hybridized carbons (Fsp3) is 1.00. The van der Waals surface area contributed by atoms with Crippen LogP contribution in [0.2, 0.25) is 12.6 Å². The van der Waals surface area contributed by atoms with E-state index in [9.17, 15) is 13.4 Å². The monoisotopic (exact) mass is 248 g/mol. The molecule has 0 aromatic carbocycles. The molecule has 0 amide bonds. The van der Waals surface area contributed by atoms with E-state index in [4.69, 9.17) is 0 Å². The third kappa shape index (κ3) is 7.16. The number of hydrogen-bond acceptors (Lipinski definition) is 4. The summed E-state index contributed by atoms with van der Waals surface area (Å²) in [5, 5.41) is 0.